The van der Waals surface area contributed by atoms with Crippen LogP contribution in [0.3, 0.4) is 0 Å². The van der Waals surface area contributed by atoms with E-state index in [1.807, 2.05) is 0 Å². The lowest BCUT2D eigenvalue weighted by Gasteiger charge is -2.26. The minimum Gasteiger partial charge on any atom is -0.508 e. The van der Waals surface area contributed by atoms with Crippen LogP contribution in [-0.2, 0) is 30.4 Å². The summed E-state index contributed by atoms with van der Waals surface area (Å²) in [5, 5.41) is 35.6. The number of amides is 4. The first-order valence-electron chi connectivity index (χ1n) is 11.0. The summed E-state index contributed by atoms with van der Waals surface area (Å²) in [5.41, 5.74) is 11.6. The third-order valence-electron chi connectivity index (χ3n) is 5.05. The highest BCUT2D eigenvalue weighted by molar-refractivity contribution is 7.98. The number of aliphatic hydroxyl groups is 1. The maximum absolute atomic E-state index is 12.9. The molecule has 0 aliphatic rings. The summed E-state index contributed by atoms with van der Waals surface area (Å²) in [4.78, 5) is 60.6. The summed E-state index contributed by atoms with van der Waals surface area (Å²) in [7, 11) is 0. The van der Waals surface area contributed by atoms with E-state index in [9.17, 15) is 39.3 Å². The van der Waals surface area contributed by atoms with Crippen molar-refractivity contribution in [3.63, 3.8) is 0 Å². The first kappa shape index (κ1) is 30.7. The van der Waals surface area contributed by atoms with Gasteiger partial charge in [0.25, 0.3) is 0 Å². The Kier molecular flexibility index (Phi) is 12.7. The molecule has 0 saturated carbocycles. The number of phenols is 1. The average molecular weight is 528 g/mol. The molecule has 0 fully saturated rings. The molecule has 1 aromatic rings. The van der Waals surface area contributed by atoms with E-state index in [-0.39, 0.29) is 18.6 Å². The Bertz CT molecular complexity index is 928. The fourth-order valence-corrected chi connectivity index (χ4v) is 3.56. The van der Waals surface area contributed by atoms with Crippen molar-refractivity contribution in [2.45, 2.75) is 56.5 Å². The van der Waals surface area contributed by atoms with E-state index in [0.29, 0.717) is 11.3 Å². The molecule has 0 spiro atoms. The van der Waals surface area contributed by atoms with E-state index in [1.165, 1.54) is 30.8 Å². The van der Waals surface area contributed by atoms with Crippen LogP contribution in [0, 0.1) is 0 Å². The summed E-state index contributed by atoms with van der Waals surface area (Å²) < 4.78 is 0. The number of nitrogens with one attached hydrogen (secondary N) is 3. The van der Waals surface area contributed by atoms with E-state index < -0.39 is 66.3 Å². The van der Waals surface area contributed by atoms with Gasteiger partial charge in [-0.3, -0.25) is 19.2 Å². The summed E-state index contributed by atoms with van der Waals surface area (Å²) in [6.45, 7) is 1.26. The molecule has 14 heteroatoms. The van der Waals surface area contributed by atoms with Gasteiger partial charge in [-0.1, -0.05) is 12.1 Å². The second-order valence-electron chi connectivity index (χ2n) is 8.12. The fraction of sp³-hybridized carbons (Fsp3) is 0.500. The van der Waals surface area contributed by atoms with Crippen LogP contribution in [0.25, 0.3) is 0 Å². The van der Waals surface area contributed by atoms with Gasteiger partial charge in [-0.15, -0.1) is 0 Å². The van der Waals surface area contributed by atoms with Gasteiger partial charge in [0.05, 0.1) is 18.6 Å². The van der Waals surface area contributed by atoms with Gasteiger partial charge >= 0.3 is 5.97 Å². The number of aliphatic hydroxyl groups excluding tert-OH is 1. The second-order valence-corrected chi connectivity index (χ2v) is 9.10. The number of hydrogen-bond acceptors (Lipinski definition) is 9. The van der Waals surface area contributed by atoms with Crippen molar-refractivity contribution in [1.82, 2.24) is 16.0 Å². The van der Waals surface area contributed by atoms with Crippen LogP contribution in [0.4, 0.5) is 0 Å². The molecule has 36 heavy (non-hydrogen) atoms. The minimum absolute atomic E-state index is 0.0481. The number of aromatic hydroxyl groups is 1. The third-order valence-corrected chi connectivity index (χ3v) is 5.70. The van der Waals surface area contributed by atoms with Crippen molar-refractivity contribution >= 4 is 41.4 Å². The standard InChI is InChI=1S/C22H33N5O8S/c1-11(28)18(27-19(31)14(23)9-12-3-5-13(29)6-4-12)21(33)25-15(7-8-36-2)20(32)26-16(22(34)35)10-17(24)30/h3-6,11,14-16,18,28-29H,7-10,23H2,1-2H3,(H2,24,30)(H,25,33)(H,26,32)(H,27,31)(H,34,35). The molecule has 200 valence electrons. The molecule has 10 N–H and O–H groups in total. The fourth-order valence-electron chi connectivity index (χ4n) is 3.08. The first-order chi connectivity index (χ1) is 16.8. The van der Waals surface area contributed by atoms with Crippen LogP contribution >= 0.6 is 11.8 Å². The zero-order valence-corrected chi connectivity index (χ0v) is 20.8. The summed E-state index contributed by atoms with van der Waals surface area (Å²) in [6, 6.07) is 0.682. The van der Waals surface area contributed by atoms with Crippen LogP contribution in [-0.4, -0.2) is 87.2 Å². The lowest BCUT2D eigenvalue weighted by molar-refractivity contribution is -0.144. The van der Waals surface area contributed by atoms with E-state index in [4.69, 9.17) is 11.5 Å². The molecule has 0 radical (unpaired) electrons. The van der Waals surface area contributed by atoms with Crippen molar-refractivity contribution < 1.29 is 39.3 Å². The van der Waals surface area contributed by atoms with E-state index >= 15 is 0 Å². The van der Waals surface area contributed by atoms with E-state index in [1.54, 1.807) is 18.4 Å². The monoisotopic (exact) mass is 527 g/mol. The normalized spacial score (nSPS) is 15.0. The SMILES string of the molecule is CSCCC(NC(=O)C(NC(=O)C(N)Cc1ccc(O)cc1)C(C)O)C(=O)NC(CC(N)=O)C(=O)O. The van der Waals surface area contributed by atoms with Gasteiger partial charge in [0, 0.05) is 0 Å². The lowest BCUT2D eigenvalue weighted by Crippen LogP contribution is -2.60. The number of aliphatic carboxylic acids is 1. The number of rotatable bonds is 15. The number of hydrogen-bond donors (Lipinski definition) is 8. The predicted molar refractivity (Wildman–Crippen MR) is 132 cm³/mol. The van der Waals surface area contributed by atoms with Gasteiger partial charge in [0.15, 0.2) is 0 Å². The Hall–Kier alpha value is -3.36. The van der Waals surface area contributed by atoms with Crippen LogP contribution in [0.5, 0.6) is 5.75 Å². The molecule has 4 amide bonds. The average Bonchev–Trinajstić information content (AvgIpc) is 2.80. The Labute approximate surface area is 212 Å². The molecule has 13 nitrogen and oxygen atoms in total. The van der Waals surface area contributed by atoms with Crippen molar-refractivity contribution in [3.8, 4) is 5.75 Å². The van der Waals surface area contributed by atoms with Crippen molar-refractivity contribution in [1.29, 1.82) is 0 Å². The molecule has 0 saturated heterocycles. The van der Waals surface area contributed by atoms with Crippen LogP contribution < -0.4 is 27.4 Å². The number of carboxylic acids is 1. The van der Waals surface area contributed by atoms with Crippen molar-refractivity contribution in [2.75, 3.05) is 12.0 Å². The number of thioether (sulfide) groups is 1. The summed E-state index contributed by atoms with van der Waals surface area (Å²) in [6.07, 6.45) is -0.0492. The quantitative estimate of drug-likeness (QED) is 0.123. The third kappa shape index (κ3) is 10.5. The minimum atomic E-state index is -1.59. The lowest BCUT2D eigenvalue weighted by atomic mass is 10.0. The van der Waals surface area contributed by atoms with Crippen LogP contribution in [0.1, 0.15) is 25.3 Å². The molecule has 5 unspecified atom stereocenters. The van der Waals surface area contributed by atoms with E-state index in [2.05, 4.69) is 16.0 Å². The number of benzene rings is 1. The van der Waals surface area contributed by atoms with Gasteiger partial charge in [-0.05, 0) is 49.5 Å². The van der Waals surface area contributed by atoms with Gasteiger partial charge < -0.3 is 42.7 Å². The number of phenolic OH excluding ortho intramolecular Hbond substituents is 1. The molecule has 0 heterocycles. The molecule has 1 aromatic carbocycles. The van der Waals surface area contributed by atoms with E-state index in [0.717, 1.165) is 0 Å². The maximum atomic E-state index is 12.9. The highest BCUT2D eigenvalue weighted by Gasteiger charge is 2.32. The summed E-state index contributed by atoms with van der Waals surface area (Å²) in [5.74, 6) is -4.45. The van der Waals surface area contributed by atoms with Gasteiger partial charge in [0.1, 0.15) is 23.9 Å². The first-order valence-corrected chi connectivity index (χ1v) is 12.4. The highest BCUT2D eigenvalue weighted by Crippen LogP contribution is 2.11. The Morgan fingerprint density at radius 3 is 2.06 bits per heavy atom. The number of nitrogens with two attached hydrogens (primary N) is 2. The zero-order valence-electron chi connectivity index (χ0n) is 20.0. The van der Waals surface area contributed by atoms with Crippen molar-refractivity contribution in [3.05, 3.63) is 29.8 Å². The number of carbonyl (C=O) groups is 5. The smallest absolute Gasteiger partial charge is 0.326 e. The molecule has 0 bridgehead atoms. The molecule has 0 aliphatic heterocycles. The van der Waals surface area contributed by atoms with Gasteiger partial charge in [-0.2, -0.15) is 11.8 Å². The topological polar surface area (TPSA) is 234 Å². The Morgan fingerprint density at radius 1 is 0.972 bits per heavy atom. The molecule has 0 aromatic heterocycles. The summed E-state index contributed by atoms with van der Waals surface area (Å²) >= 11 is 1.37. The molecular weight excluding hydrogens is 494 g/mol. The number of carboxylic acid groups (broad SMARTS) is 1. The highest BCUT2D eigenvalue weighted by atomic mass is 32.2. The van der Waals surface area contributed by atoms with Crippen molar-refractivity contribution in [2.24, 2.45) is 11.5 Å². The molecule has 0 aliphatic carbocycles. The number of primary amides is 1. The molecule has 5 atom stereocenters. The van der Waals surface area contributed by atoms with Crippen LogP contribution in [0.15, 0.2) is 24.3 Å². The van der Waals surface area contributed by atoms with Gasteiger partial charge in [-0.25, -0.2) is 4.79 Å². The molecule has 1 rings (SSSR count). The van der Waals surface area contributed by atoms with Gasteiger partial charge in [0.2, 0.25) is 23.6 Å². The molecular formula is C22H33N5O8S. The maximum Gasteiger partial charge on any atom is 0.326 e. The van der Waals surface area contributed by atoms with Crippen LogP contribution in [0.2, 0.25) is 0 Å². The Balaban J connectivity index is 2.91. The zero-order chi connectivity index (χ0) is 27.4. The number of carbonyl (C=O) groups excluding carboxylic acids is 4. The second kappa shape index (κ2) is 14.9. The Morgan fingerprint density at radius 2 is 1.56 bits per heavy atom. The largest absolute Gasteiger partial charge is 0.508 e. The predicted octanol–water partition coefficient (Wildman–Crippen LogP) is -2.19.